The summed E-state index contributed by atoms with van der Waals surface area (Å²) >= 11 is 5.07. The summed E-state index contributed by atoms with van der Waals surface area (Å²) in [6.07, 6.45) is -11.8. The molecule has 0 aromatic heterocycles. The second-order valence-corrected chi connectivity index (χ2v) is 10.4. The number of rotatable bonds is 1. The van der Waals surface area contributed by atoms with E-state index in [4.69, 9.17) is 0 Å². The van der Waals surface area contributed by atoms with Crippen molar-refractivity contribution < 1.29 is 31.4 Å². The van der Waals surface area contributed by atoms with E-state index in [0.29, 0.717) is 23.1 Å². The molecule has 0 spiro atoms. The van der Waals surface area contributed by atoms with Crippen LogP contribution in [0.3, 0.4) is 0 Å². The highest BCUT2D eigenvalue weighted by Gasteiger charge is 2.71. The summed E-state index contributed by atoms with van der Waals surface area (Å²) in [6, 6.07) is 8.49. The minimum Gasteiger partial charge on any atom is -0.378 e. The largest absolute Gasteiger partial charge is 0.430 e. The fourth-order valence-electron chi connectivity index (χ4n) is 4.47. The molecule has 0 fully saturated rings. The molecule has 10 heteroatoms. The van der Waals surface area contributed by atoms with E-state index in [2.05, 4.69) is 21.2 Å². The second kappa shape index (κ2) is 7.05. The molecular formula is C21H18BrF6NOS. The Morgan fingerprint density at radius 1 is 1.03 bits per heavy atom. The van der Waals surface area contributed by atoms with Crippen LogP contribution >= 0.6 is 27.7 Å². The first-order valence-corrected chi connectivity index (χ1v) is 11.2. The van der Waals surface area contributed by atoms with Crippen molar-refractivity contribution in [3.05, 3.63) is 57.6 Å². The number of aliphatic hydroxyl groups is 1. The van der Waals surface area contributed by atoms with Gasteiger partial charge in [-0.2, -0.15) is 26.3 Å². The third-order valence-corrected chi connectivity index (χ3v) is 8.02. The molecule has 4 rings (SSSR count). The summed E-state index contributed by atoms with van der Waals surface area (Å²) in [6.45, 7) is 3.63. The molecule has 0 radical (unpaired) electrons. The van der Waals surface area contributed by atoms with Gasteiger partial charge in [-0.1, -0.05) is 35.8 Å². The molecule has 2 aliphatic rings. The van der Waals surface area contributed by atoms with Crippen LogP contribution in [0, 0.1) is 5.92 Å². The van der Waals surface area contributed by atoms with Crippen LogP contribution in [0.15, 0.2) is 45.8 Å². The van der Waals surface area contributed by atoms with E-state index >= 15 is 0 Å². The van der Waals surface area contributed by atoms with Crippen LogP contribution in [0.2, 0.25) is 0 Å². The molecule has 2 aliphatic heterocycles. The second-order valence-electron chi connectivity index (χ2n) is 8.41. The predicted molar refractivity (Wildman–Crippen MR) is 110 cm³/mol. The van der Waals surface area contributed by atoms with Crippen molar-refractivity contribution in [1.82, 2.24) is 0 Å². The highest BCUT2D eigenvalue weighted by molar-refractivity contribution is 9.10. The van der Waals surface area contributed by atoms with Gasteiger partial charge in [-0.15, -0.1) is 11.8 Å². The average molecular weight is 526 g/mol. The van der Waals surface area contributed by atoms with Crippen molar-refractivity contribution in [2.75, 3.05) is 11.1 Å². The molecule has 0 saturated heterocycles. The molecule has 0 bridgehead atoms. The van der Waals surface area contributed by atoms with E-state index < -0.39 is 28.9 Å². The molecule has 2 N–H and O–H groups in total. The lowest BCUT2D eigenvalue weighted by Crippen LogP contribution is -2.54. The minimum absolute atomic E-state index is 0.0908. The van der Waals surface area contributed by atoms with E-state index in [9.17, 15) is 31.4 Å². The van der Waals surface area contributed by atoms with Crippen molar-refractivity contribution in [1.29, 1.82) is 0 Å². The lowest BCUT2D eigenvalue weighted by Gasteiger charge is -2.49. The van der Waals surface area contributed by atoms with Crippen LogP contribution in [0.25, 0.3) is 0 Å². The maximum atomic E-state index is 13.4. The molecule has 0 amide bonds. The number of hydrogen-bond acceptors (Lipinski definition) is 3. The van der Waals surface area contributed by atoms with Gasteiger partial charge >= 0.3 is 12.4 Å². The van der Waals surface area contributed by atoms with Crippen LogP contribution in [-0.2, 0) is 11.0 Å². The Balaban J connectivity index is 1.85. The number of hydrogen-bond donors (Lipinski definition) is 2. The number of benzene rings is 2. The number of nitrogens with one attached hydrogen (secondary N) is 1. The zero-order chi connectivity index (χ0) is 23.0. The number of anilines is 1. The first kappa shape index (κ1) is 22.8. The number of alkyl halides is 6. The summed E-state index contributed by atoms with van der Waals surface area (Å²) in [7, 11) is 0. The van der Waals surface area contributed by atoms with Gasteiger partial charge in [0.2, 0.25) is 0 Å². The average Bonchev–Trinajstić information content (AvgIpc) is 2.65. The standard InChI is InChI=1S/C21H18BrF6NOS/c1-18(2)13-7-10(19(30,20(23,24)25)21(26,27)28)3-5-15(13)29-17-12-8-11(22)4-6-16(12)31-9-14(17)18/h3-8,14,17,29-30H,9H2,1-2H3/t14-,17-/m1/s1. The van der Waals surface area contributed by atoms with Gasteiger partial charge in [0, 0.05) is 32.3 Å². The lowest BCUT2D eigenvalue weighted by molar-refractivity contribution is -0.376. The summed E-state index contributed by atoms with van der Waals surface area (Å²) < 4.78 is 81.2. The van der Waals surface area contributed by atoms with E-state index in [0.717, 1.165) is 21.0 Å². The summed E-state index contributed by atoms with van der Waals surface area (Å²) in [5.41, 5.74) is -5.11. The SMILES string of the molecule is CC1(C)c2cc(C(O)(C(F)(F)F)C(F)(F)F)ccc2N[C@@H]2c3cc(Br)ccc3SC[C@H]21. The van der Waals surface area contributed by atoms with E-state index in [-0.39, 0.29) is 12.0 Å². The molecule has 2 nitrogen and oxygen atoms in total. The van der Waals surface area contributed by atoms with Gasteiger partial charge in [-0.05, 0) is 46.9 Å². The number of halogens is 7. The third kappa shape index (κ3) is 3.36. The van der Waals surface area contributed by atoms with Gasteiger partial charge < -0.3 is 10.4 Å². The Hall–Kier alpha value is -1.39. The molecule has 2 atom stereocenters. The molecule has 0 unspecified atom stereocenters. The summed E-state index contributed by atoms with van der Waals surface area (Å²) in [4.78, 5) is 1.08. The van der Waals surface area contributed by atoms with Gasteiger partial charge in [0.15, 0.2) is 0 Å². The maximum absolute atomic E-state index is 13.4. The Bertz CT molecular complexity index is 1020. The Morgan fingerprint density at radius 2 is 1.68 bits per heavy atom. The third-order valence-electron chi connectivity index (χ3n) is 6.32. The quantitative estimate of drug-likeness (QED) is 0.396. The van der Waals surface area contributed by atoms with Crippen molar-refractivity contribution >= 4 is 33.4 Å². The monoisotopic (exact) mass is 525 g/mol. The fraction of sp³-hybridized carbons (Fsp3) is 0.429. The Morgan fingerprint density at radius 3 is 2.29 bits per heavy atom. The fourth-order valence-corrected chi connectivity index (χ4v) is 6.34. The lowest BCUT2D eigenvalue weighted by atomic mass is 9.65. The van der Waals surface area contributed by atoms with Crippen LogP contribution in [0.4, 0.5) is 32.0 Å². The van der Waals surface area contributed by atoms with Gasteiger partial charge in [0.05, 0.1) is 6.04 Å². The zero-order valence-electron chi connectivity index (χ0n) is 16.3. The van der Waals surface area contributed by atoms with Crippen LogP contribution in [0.1, 0.15) is 36.6 Å². The zero-order valence-corrected chi connectivity index (χ0v) is 18.7. The number of thioether (sulfide) groups is 1. The van der Waals surface area contributed by atoms with Crippen LogP contribution in [-0.4, -0.2) is 23.2 Å². The highest BCUT2D eigenvalue weighted by Crippen LogP contribution is 2.56. The molecule has 0 aliphatic carbocycles. The van der Waals surface area contributed by atoms with Crippen molar-refractivity contribution in [2.45, 2.75) is 48.2 Å². The van der Waals surface area contributed by atoms with Crippen molar-refractivity contribution in [3.8, 4) is 0 Å². The molecule has 2 aromatic carbocycles. The van der Waals surface area contributed by atoms with Gasteiger partial charge in [-0.3, -0.25) is 0 Å². The number of fused-ring (bicyclic) bond motifs is 4. The molecular weight excluding hydrogens is 508 g/mol. The molecule has 2 heterocycles. The topological polar surface area (TPSA) is 32.3 Å². The first-order chi connectivity index (χ1) is 14.2. The first-order valence-electron chi connectivity index (χ1n) is 9.37. The predicted octanol–water partition coefficient (Wildman–Crippen LogP) is 6.93. The van der Waals surface area contributed by atoms with Gasteiger partial charge in [0.1, 0.15) is 0 Å². The molecule has 0 saturated carbocycles. The minimum atomic E-state index is -5.92. The van der Waals surface area contributed by atoms with E-state index in [1.807, 2.05) is 32.0 Å². The van der Waals surface area contributed by atoms with Crippen LogP contribution in [0.5, 0.6) is 0 Å². The molecule has 168 valence electrons. The van der Waals surface area contributed by atoms with Crippen molar-refractivity contribution in [3.63, 3.8) is 0 Å². The Kier molecular flexibility index (Phi) is 5.19. The highest BCUT2D eigenvalue weighted by atomic mass is 79.9. The normalized spacial score (nSPS) is 22.8. The van der Waals surface area contributed by atoms with Gasteiger partial charge in [-0.25, -0.2) is 0 Å². The van der Waals surface area contributed by atoms with E-state index in [1.54, 1.807) is 11.8 Å². The molecule has 31 heavy (non-hydrogen) atoms. The summed E-state index contributed by atoms with van der Waals surface area (Å²) in [5.74, 6) is 0.554. The van der Waals surface area contributed by atoms with E-state index in [1.165, 1.54) is 6.07 Å². The van der Waals surface area contributed by atoms with Gasteiger partial charge in [0.25, 0.3) is 5.60 Å². The van der Waals surface area contributed by atoms with Crippen molar-refractivity contribution in [2.24, 2.45) is 5.92 Å². The molecule has 2 aromatic rings. The van der Waals surface area contributed by atoms with Crippen LogP contribution < -0.4 is 5.32 Å². The Labute approximate surface area is 187 Å². The summed E-state index contributed by atoms with van der Waals surface area (Å²) in [5, 5.41) is 13.2. The smallest absolute Gasteiger partial charge is 0.378 e. The maximum Gasteiger partial charge on any atom is 0.430 e.